The number of rotatable bonds is 8. The lowest BCUT2D eigenvalue weighted by atomic mass is 10.2. The molecule has 0 unspecified atom stereocenters. The molecule has 1 N–H and O–H groups in total. The van der Waals surface area contributed by atoms with E-state index in [2.05, 4.69) is 10.4 Å². The molecule has 0 radical (unpaired) electrons. The van der Waals surface area contributed by atoms with E-state index in [0.717, 1.165) is 17.7 Å². The Hall–Kier alpha value is -2.23. The zero-order valence-electron chi connectivity index (χ0n) is 16.2. The van der Waals surface area contributed by atoms with Crippen molar-refractivity contribution in [3.8, 4) is 0 Å². The number of fused-ring (bicyclic) bond motifs is 1. The first-order valence-electron chi connectivity index (χ1n) is 9.47. The average molecular weight is 407 g/mol. The van der Waals surface area contributed by atoms with Crippen molar-refractivity contribution in [2.24, 2.45) is 0 Å². The van der Waals surface area contributed by atoms with Gasteiger partial charge in [-0.05, 0) is 24.3 Å². The molecule has 1 aliphatic rings. The second kappa shape index (κ2) is 8.85. The summed E-state index contributed by atoms with van der Waals surface area (Å²) in [6, 6.07) is 6.04. The van der Waals surface area contributed by atoms with E-state index in [4.69, 9.17) is 4.74 Å². The number of aromatic nitrogens is 2. The Morgan fingerprint density at radius 1 is 1.25 bits per heavy atom. The number of sulfonamides is 1. The van der Waals surface area contributed by atoms with Gasteiger partial charge in [-0.15, -0.1) is 0 Å². The van der Waals surface area contributed by atoms with E-state index in [-0.39, 0.29) is 10.8 Å². The summed E-state index contributed by atoms with van der Waals surface area (Å²) in [6.45, 7) is 6.70. The molecule has 8 nitrogen and oxygen atoms in total. The molecule has 2 aromatic rings. The van der Waals surface area contributed by atoms with Gasteiger partial charge in [0.2, 0.25) is 10.0 Å². The normalized spacial score (nSPS) is 14.1. The minimum absolute atomic E-state index is 0.193. The van der Waals surface area contributed by atoms with E-state index in [1.165, 1.54) is 16.4 Å². The highest BCUT2D eigenvalue weighted by Crippen LogP contribution is 2.17. The molecule has 28 heavy (non-hydrogen) atoms. The fourth-order valence-electron chi connectivity index (χ4n) is 3.27. The predicted octanol–water partition coefficient (Wildman–Crippen LogP) is 1.42. The van der Waals surface area contributed by atoms with Crippen LogP contribution in [0.25, 0.3) is 0 Å². The molecule has 0 saturated heterocycles. The van der Waals surface area contributed by atoms with Gasteiger partial charge >= 0.3 is 0 Å². The highest BCUT2D eigenvalue weighted by Gasteiger charge is 2.21. The van der Waals surface area contributed by atoms with Gasteiger partial charge in [0, 0.05) is 42.9 Å². The minimum Gasteiger partial charge on any atom is -0.376 e. The number of nitrogens with one attached hydrogen (secondary N) is 1. The van der Waals surface area contributed by atoms with Gasteiger partial charge in [-0.2, -0.15) is 9.40 Å². The number of hydrogen-bond donors (Lipinski definition) is 1. The highest BCUT2D eigenvalue weighted by molar-refractivity contribution is 7.89. The Morgan fingerprint density at radius 2 is 1.96 bits per heavy atom. The smallest absolute Gasteiger partial charge is 0.251 e. The van der Waals surface area contributed by atoms with Crippen molar-refractivity contribution < 1.29 is 17.9 Å². The van der Waals surface area contributed by atoms with E-state index in [1.807, 2.05) is 10.9 Å². The zero-order valence-corrected chi connectivity index (χ0v) is 17.0. The summed E-state index contributed by atoms with van der Waals surface area (Å²) < 4.78 is 33.7. The number of benzene rings is 1. The minimum atomic E-state index is -3.52. The molecule has 1 aromatic carbocycles. The molecule has 0 aliphatic carbocycles. The van der Waals surface area contributed by atoms with Crippen molar-refractivity contribution in [1.29, 1.82) is 0 Å². The maximum absolute atomic E-state index is 12.5. The van der Waals surface area contributed by atoms with E-state index in [1.54, 1.807) is 26.0 Å². The molecule has 0 bridgehead atoms. The van der Waals surface area contributed by atoms with Crippen molar-refractivity contribution in [3.63, 3.8) is 0 Å². The lowest BCUT2D eigenvalue weighted by Gasteiger charge is -2.18. The van der Waals surface area contributed by atoms with Crippen molar-refractivity contribution >= 4 is 15.9 Å². The molecule has 3 rings (SSSR count). The van der Waals surface area contributed by atoms with E-state index >= 15 is 0 Å². The van der Waals surface area contributed by atoms with Crippen molar-refractivity contribution in [2.75, 3.05) is 26.2 Å². The summed E-state index contributed by atoms with van der Waals surface area (Å²) in [7, 11) is -3.52. The third-order valence-electron chi connectivity index (χ3n) is 4.84. The Balaban J connectivity index is 1.58. The maximum Gasteiger partial charge on any atom is 0.251 e. The van der Waals surface area contributed by atoms with Crippen LogP contribution in [0.2, 0.25) is 0 Å². The molecular weight excluding hydrogens is 380 g/mol. The lowest BCUT2D eigenvalue weighted by Crippen LogP contribution is -2.31. The first-order valence-corrected chi connectivity index (χ1v) is 10.9. The second-order valence-electron chi connectivity index (χ2n) is 6.51. The Morgan fingerprint density at radius 3 is 2.64 bits per heavy atom. The van der Waals surface area contributed by atoms with E-state index < -0.39 is 10.0 Å². The summed E-state index contributed by atoms with van der Waals surface area (Å²) in [5.74, 6) is -0.240. The Kier molecular flexibility index (Phi) is 6.48. The van der Waals surface area contributed by atoms with Gasteiger partial charge in [0.1, 0.15) is 0 Å². The second-order valence-corrected chi connectivity index (χ2v) is 8.45. The molecule has 9 heteroatoms. The molecule has 1 aliphatic heterocycles. The molecular formula is C19H26N4O4S. The molecule has 0 spiro atoms. The standard InChI is InChI=1S/C19H26N4O4S/c1-3-22(4-2)28(25,26)17-7-5-15(6-8-17)19(24)20-10-11-23-18-9-12-27-14-16(18)13-21-23/h5-8,13H,3-4,9-12,14H2,1-2H3,(H,20,24). The monoisotopic (exact) mass is 406 g/mol. The van der Waals surface area contributed by atoms with Crippen LogP contribution in [0.15, 0.2) is 35.4 Å². The highest BCUT2D eigenvalue weighted by atomic mass is 32.2. The largest absolute Gasteiger partial charge is 0.376 e. The van der Waals surface area contributed by atoms with Gasteiger partial charge in [0.25, 0.3) is 5.91 Å². The summed E-state index contributed by atoms with van der Waals surface area (Å²) in [4.78, 5) is 12.5. The van der Waals surface area contributed by atoms with Gasteiger partial charge in [-0.25, -0.2) is 8.42 Å². The van der Waals surface area contributed by atoms with Gasteiger partial charge in [0.05, 0.1) is 30.9 Å². The van der Waals surface area contributed by atoms with Crippen LogP contribution in [-0.4, -0.2) is 54.7 Å². The van der Waals surface area contributed by atoms with E-state index in [0.29, 0.717) is 45.0 Å². The number of ether oxygens (including phenoxy) is 1. The molecule has 0 atom stereocenters. The Bertz CT molecular complexity index is 918. The van der Waals surface area contributed by atoms with Gasteiger partial charge in [-0.1, -0.05) is 13.8 Å². The van der Waals surface area contributed by atoms with Crippen LogP contribution >= 0.6 is 0 Å². The van der Waals surface area contributed by atoms with Gasteiger partial charge < -0.3 is 10.1 Å². The zero-order chi connectivity index (χ0) is 20.1. The molecule has 152 valence electrons. The third-order valence-corrected chi connectivity index (χ3v) is 6.91. The molecule has 0 fully saturated rings. The lowest BCUT2D eigenvalue weighted by molar-refractivity contribution is 0.0950. The van der Waals surface area contributed by atoms with Crippen molar-refractivity contribution in [2.45, 2.75) is 38.3 Å². The summed E-state index contributed by atoms with van der Waals surface area (Å²) >= 11 is 0. The SMILES string of the molecule is CCN(CC)S(=O)(=O)c1ccc(C(=O)NCCn2ncc3c2CCOC3)cc1. The molecule has 2 heterocycles. The van der Waals surface area contributed by atoms with Crippen LogP contribution in [0.5, 0.6) is 0 Å². The number of hydrogen-bond acceptors (Lipinski definition) is 5. The predicted molar refractivity (Wildman–Crippen MR) is 104 cm³/mol. The molecule has 0 saturated carbocycles. The number of amides is 1. The average Bonchev–Trinajstić information content (AvgIpc) is 3.12. The van der Waals surface area contributed by atoms with Crippen LogP contribution in [0.4, 0.5) is 0 Å². The summed E-state index contributed by atoms with van der Waals surface area (Å²) in [6.07, 6.45) is 2.64. The van der Waals surface area contributed by atoms with Gasteiger partial charge in [-0.3, -0.25) is 9.48 Å². The number of carbonyl (C=O) groups is 1. The van der Waals surface area contributed by atoms with Crippen LogP contribution < -0.4 is 5.32 Å². The Labute approximate surface area is 165 Å². The summed E-state index contributed by atoms with van der Waals surface area (Å²) in [5, 5.41) is 7.21. The third kappa shape index (κ3) is 4.26. The fraction of sp³-hybridized carbons (Fsp3) is 0.474. The van der Waals surface area contributed by atoms with E-state index in [9.17, 15) is 13.2 Å². The topological polar surface area (TPSA) is 93.5 Å². The molecule has 1 aromatic heterocycles. The first kappa shape index (κ1) is 20.5. The molecule has 1 amide bonds. The maximum atomic E-state index is 12.5. The van der Waals surface area contributed by atoms with Crippen LogP contribution in [-0.2, 0) is 34.3 Å². The first-order chi connectivity index (χ1) is 13.5. The summed E-state index contributed by atoms with van der Waals surface area (Å²) in [5.41, 5.74) is 2.68. The number of carbonyl (C=O) groups excluding carboxylic acids is 1. The van der Waals surface area contributed by atoms with Crippen molar-refractivity contribution in [3.05, 3.63) is 47.3 Å². The number of nitrogens with zero attached hydrogens (tertiary/aromatic N) is 3. The van der Waals surface area contributed by atoms with Crippen molar-refractivity contribution in [1.82, 2.24) is 19.4 Å². The van der Waals surface area contributed by atoms with Gasteiger partial charge in [0.15, 0.2) is 0 Å². The van der Waals surface area contributed by atoms with Crippen LogP contribution in [0.1, 0.15) is 35.5 Å². The van der Waals surface area contributed by atoms with Crippen LogP contribution in [0.3, 0.4) is 0 Å². The quantitative estimate of drug-likeness (QED) is 0.716. The fourth-order valence-corrected chi connectivity index (χ4v) is 4.73. The van der Waals surface area contributed by atoms with Crippen LogP contribution in [0, 0.1) is 0 Å².